The number of hydrogen-bond donors (Lipinski definition) is 1. The van der Waals surface area contributed by atoms with E-state index >= 15 is 0 Å². The summed E-state index contributed by atoms with van der Waals surface area (Å²) >= 11 is 5.87. The van der Waals surface area contributed by atoms with Crippen molar-refractivity contribution in [2.75, 3.05) is 11.8 Å². The fraction of sp³-hybridized carbons (Fsp3) is 0.0588. The summed E-state index contributed by atoms with van der Waals surface area (Å²) in [4.78, 5) is 0.635. The molecule has 0 unspecified atom stereocenters. The van der Waals surface area contributed by atoms with Crippen molar-refractivity contribution in [1.29, 1.82) is 0 Å². The zero-order chi connectivity index (χ0) is 15.5. The molecule has 0 radical (unpaired) electrons. The largest absolute Gasteiger partial charge is 0.495 e. The average Bonchev–Trinajstić information content (AvgIpc) is 2.55. The molecule has 0 aliphatic carbocycles. The Hall–Kier alpha value is -2.04. The highest BCUT2D eigenvalue weighted by atomic mass is 35.5. The van der Waals surface area contributed by atoms with Crippen molar-refractivity contribution in [3.63, 3.8) is 0 Å². The van der Waals surface area contributed by atoms with Crippen LogP contribution in [0.2, 0.25) is 5.02 Å². The summed E-state index contributed by atoms with van der Waals surface area (Å²) in [6, 6.07) is 18.7. The molecule has 0 bridgehead atoms. The van der Waals surface area contributed by atoms with Gasteiger partial charge in [0.2, 0.25) is 0 Å². The van der Waals surface area contributed by atoms with Crippen molar-refractivity contribution in [3.05, 3.63) is 65.7 Å². The van der Waals surface area contributed by atoms with Crippen LogP contribution in [0.15, 0.2) is 65.6 Å². The van der Waals surface area contributed by atoms with Crippen LogP contribution >= 0.6 is 11.6 Å². The molecule has 0 saturated heterocycles. The number of methoxy groups -OCH3 is 1. The number of hydrogen-bond acceptors (Lipinski definition) is 2. The van der Waals surface area contributed by atoms with Gasteiger partial charge in [0.15, 0.2) is 11.0 Å². The van der Waals surface area contributed by atoms with Gasteiger partial charge in [-0.05, 0) is 35.7 Å². The van der Waals surface area contributed by atoms with Crippen molar-refractivity contribution in [3.8, 4) is 5.75 Å². The van der Waals surface area contributed by atoms with Crippen LogP contribution in [0.25, 0.3) is 10.8 Å². The van der Waals surface area contributed by atoms with E-state index in [1.54, 1.807) is 31.4 Å². The van der Waals surface area contributed by atoms with Crippen LogP contribution in [0.1, 0.15) is 0 Å². The lowest BCUT2D eigenvalue weighted by Crippen LogP contribution is -2.07. The Morgan fingerprint density at radius 2 is 1.73 bits per heavy atom. The maximum atomic E-state index is 12.8. The summed E-state index contributed by atoms with van der Waals surface area (Å²) in [5.74, 6) is 0.596. The molecular weight excluding hydrogens is 318 g/mol. The van der Waals surface area contributed by atoms with Gasteiger partial charge in [-0.2, -0.15) is 0 Å². The number of fused-ring (bicyclic) bond motifs is 1. The van der Waals surface area contributed by atoms with E-state index in [-0.39, 0.29) is 0 Å². The van der Waals surface area contributed by atoms with Crippen LogP contribution in [0.3, 0.4) is 0 Å². The molecule has 0 aromatic heterocycles. The van der Waals surface area contributed by atoms with Crippen molar-refractivity contribution < 1.29 is 8.95 Å². The minimum absolute atomic E-state index is 0.596. The number of ether oxygens (including phenoxy) is 1. The molecule has 3 nitrogen and oxygen atoms in total. The molecule has 1 N–H and O–H groups in total. The maximum absolute atomic E-state index is 12.8. The summed E-state index contributed by atoms with van der Waals surface area (Å²) in [5, 5.41) is 2.56. The van der Waals surface area contributed by atoms with Crippen LogP contribution in [-0.4, -0.2) is 11.3 Å². The maximum Gasteiger partial charge on any atom is 0.154 e. The van der Waals surface area contributed by atoms with E-state index in [0.717, 1.165) is 16.5 Å². The molecule has 1 atom stereocenters. The molecule has 0 saturated carbocycles. The second kappa shape index (κ2) is 6.38. The van der Waals surface area contributed by atoms with Crippen molar-refractivity contribution in [1.82, 2.24) is 0 Å². The van der Waals surface area contributed by atoms with Gasteiger partial charge in [0, 0.05) is 16.1 Å². The third-order valence-corrected chi connectivity index (χ3v) is 4.77. The topological polar surface area (TPSA) is 38.3 Å². The van der Waals surface area contributed by atoms with Gasteiger partial charge < -0.3 is 9.46 Å². The molecule has 0 fully saturated rings. The molecule has 112 valence electrons. The third kappa shape index (κ3) is 2.93. The standard InChI is InChI=1S/C17H14ClNO2S/c1-21-16-11-6-12-4-2-3-5-15(12)17(16)22(20)19-14-9-7-13(18)8-10-14/h2-11,19H,1H3/t22-/m1/s1. The Morgan fingerprint density at radius 1 is 1.00 bits per heavy atom. The van der Waals surface area contributed by atoms with E-state index in [1.807, 2.05) is 36.4 Å². The first-order valence-corrected chi connectivity index (χ1v) is 8.21. The van der Waals surface area contributed by atoms with E-state index in [9.17, 15) is 4.21 Å². The van der Waals surface area contributed by atoms with Gasteiger partial charge in [-0.25, -0.2) is 4.21 Å². The molecule has 0 aliphatic rings. The molecule has 5 heteroatoms. The van der Waals surface area contributed by atoms with Gasteiger partial charge in [0.25, 0.3) is 0 Å². The van der Waals surface area contributed by atoms with Crippen LogP contribution in [0, 0.1) is 0 Å². The fourth-order valence-corrected chi connectivity index (χ4v) is 3.55. The first-order chi connectivity index (χ1) is 10.7. The Bertz CT molecular complexity index is 834. The minimum atomic E-state index is -1.45. The van der Waals surface area contributed by atoms with Crippen molar-refractivity contribution in [2.45, 2.75) is 4.90 Å². The molecule has 3 rings (SSSR count). The lowest BCUT2D eigenvalue weighted by atomic mass is 10.1. The fourth-order valence-electron chi connectivity index (χ4n) is 2.25. The Morgan fingerprint density at radius 3 is 2.45 bits per heavy atom. The first kappa shape index (κ1) is 14.9. The highest BCUT2D eigenvalue weighted by Crippen LogP contribution is 2.31. The van der Waals surface area contributed by atoms with Crippen LogP contribution in [0.5, 0.6) is 5.75 Å². The van der Waals surface area contributed by atoms with Gasteiger partial charge in [0.1, 0.15) is 10.6 Å². The highest BCUT2D eigenvalue weighted by molar-refractivity contribution is 7.86. The van der Waals surface area contributed by atoms with Crippen LogP contribution in [-0.2, 0) is 11.0 Å². The monoisotopic (exact) mass is 331 g/mol. The SMILES string of the molecule is COc1ccc2ccccc2c1[S@@](=O)Nc1ccc(Cl)cc1. The Labute approximate surface area is 136 Å². The molecule has 3 aromatic carbocycles. The van der Waals surface area contributed by atoms with Gasteiger partial charge in [-0.3, -0.25) is 0 Å². The summed E-state index contributed by atoms with van der Waals surface area (Å²) in [7, 11) is 0.131. The van der Waals surface area contributed by atoms with Gasteiger partial charge in [-0.15, -0.1) is 0 Å². The normalized spacial score (nSPS) is 12.1. The third-order valence-electron chi connectivity index (χ3n) is 3.30. The predicted octanol–water partition coefficient (Wildman–Crippen LogP) is 4.64. The average molecular weight is 332 g/mol. The lowest BCUT2D eigenvalue weighted by Gasteiger charge is -2.13. The minimum Gasteiger partial charge on any atom is -0.495 e. The van der Waals surface area contributed by atoms with Crippen LogP contribution in [0.4, 0.5) is 5.69 Å². The summed E-state index contributed by atoms with van der Waals surface area (Å²) in [5.41, 5.74) is 0.734. The lowest BCUT2D eigenvalue weighted by molar-refractivity contribution is 0.405. The van der Waals surface area contributed by atoms with E-state index in [1.165, 1.54) is 0 Å². The van der Waals surface area contributed by atoms with Gasteiger partial charge in [0.05, 0.1) is 7.11 Å². The van der Waals surface area contributed by atoms with Crippen molar-refractivity contribution >= 4 is 39.0 Å². The van der Waals surface area contributed by atoms with Crippen LogP contribution < -0.4 is 9.46 Å². The Balaban J connectivity index is 2.04. The zero-order valence-corrected chi connectivity index (χ0v) is 13.4. The smallest absolute Gasteiger partial charge is 0.154 e. The van der Waals surface area contributed by atoms with Gasteiger partial charge >= 0.3 is 0 Å². The van der Waals surface area contributed by atoms with Gasteiger partial charge in [-0.1, -0.05) is 41.9 Å². The summed E-state index contributed by atoms with van der Waals surface area (Å²) < 4.78 is 21.1. The summed E-state index contributed by atoms with van der Waals surface area (Å²) in [6.45, 7) is 0. The zero-order valence-electron chi connectivity index (χ0n) is 11.9. The molecule has 0 spiro atoms. The number of halogens is 1. The first-order valence-electron chi connectivity index (χ1n) is 6.69. The number of rotatable bonds is 4. The quantitative estimate of drug-likeness (QED) is 0.756. The van der Waals surface area contributed by atoms with Crippen molar-refractivity contribution in [2.24, 2.45) is 0 Å². The molecule has 3 aromatic rings. The predicted molar refractivity (Wildman–Crippen MR) is 92.0 cm³/mol. The number of benzene rings is 3. The molecule has 0 aliphatic heterocycles. The number of anilines is 1. The molecular formula is C17H14ClNO2S. The number of nitrogens with one attached hydrogen (secondary N) is 1. The second-order valence-electron chi connectivity index (χ2n) is 4.70. The van der Waals surface area contributed by atoms with E-state index < -0.39 is 11.0 Å². The summed E-state index contributed by atoms with van der Waals surface area (Å²) in [6.07, 6.45) is 0. The second-order valence-corrected chi connectivity index (χ2v) is 6.28. The van der Waals surface area contributed by atoms with E-state index in [4.69, 9.17) is 16.3 Å². The highest BCUT2D eigenvalue weighted by Gasteiger charge is 2.15. The molecule has 0 amide bonds. The van der Waals surface area contributed by atoms with E-state index in [0.29, 0.717) is 15.7 Å². The van der Waals surface area contributed by atoms with E-state index in [2.05, 4.69) is 4.72 Å². The Kier molecular flexibility index (Phi) is 4.32. The molecule has 0 heterocycles. The molecule has 22 heavy (non-hydrogen) atoms.